The number of rotatable bonds is 1. The SMILES string of the molecule is Oc1cccc(C2=CSC3=Nc4ccccc4CN23)c1. The van der Waals surface area contributed by atoms with E-state index in [4.69, 9.17) is 4.99 Å². The summed E-state index contributed by atoms with van der Waals surface area (Å²) in [4.78, 5) is 6.89. The van der Waals surface area contributed by atoms with Gasteiger partial charge in [-0.25, -0.2) is 4.99 Å². The average Bonchev–Trinajstić information content (AvgIpc) is 2.87. The zero-order valence-corrected chi connectivity index (χ0v) is 11.5. The van der Waals surface area contributed by atoms with Gasteiger partial charge in [0.15, 0.2) is 5.17 Å². The Morgan fingerprint density at radius 3 is 2.90 bits per heavy atom. The third kappa shape index (κ3) is 1.80. The van der Waals surface area contributed by atoms with Crippen molar-refractivity contribution in [2.45, 2.75) is 6.54 Å². The first kappa shape index (κ1) is 11.6. The van der Waals surface area contributed by atoms with Gasteiger partial charge in [0.2, 0.25) is 0 Å². The van der Waals surface area contributed by atoms with Gasteiger partial charge in [-0.15, -0.1) is 0 Å². The molecule has 2 aliphatic rings. The van der Waals surface area contributed by atoms with Crippen LogP contribution < -0.4 is 0 Å². The minimum absolute atomic E-state index is 0.288. The molecule has 0 bridgehead atoms. The van der Waals surface area contributed by atoms with Crippen molar-refractivity contribution >= 4 is 28.3 Å². The van der Waals surface area contributed by atoms with Crippen LogP contribution in [0.5, 0.6) is 5.75 Å². The average molecular weight is 280 g/mol. The molecule has 0 unspecified atom stereocenters. The third-order valence-corrected chi connectivity index (χ3v) is 4.34. The lowest BCUT2D eigenvalue weighted by Gasteiger charge is -2.27. The highest BCUT2D eigenvalue weighted by Gasteiger charge is 2.28. The van der Waals surface area contributed by atoms with Gasteiger partial charge in [-0.2, -0.15) is 0 Å². The van der Waals surface area contributed by atoms with Crippen molar-refractivity contribution in [3.8, 4) is 5.75 Å². The predicted molar refractivity (Wildman–Crippen MR) is 82.8 cm³/mol. The maximum absolute atomic E-state index is 9.64. The van der Waals surface area contributed by atoms with Crippen molar-refractivity contribution in [2.75, 3.05) is 0 Å². The van der Waals surface area contributed by atoms with Gasteiger partial charge in [-0.05, 0) is 23.8 Å². The predicted octanol–water partition coefficient (Wildman–Crippen LogP) is 3.94. The third-order valence-electron chi connectivity index (χ3n) is 3.48. The lowest BCUT2D eigenvalue weighted by molar-refractivity contribution is 0.474. The van der Waals surface area contributed by atoms with Crippen LogP contribution in [0.25, 0.3) is 5.70 Å². The summed E-state index contributed by atoms with van der Waals surface area (Å²) < 4.78 is 0. The second-order valence-corrected chi connectivity index (χ2v) is 5.62. The van der Waals surface area contributed by atoms with Crippen molar-refractivity contribution in [2.24, 2.45) is 4.99 Å². The molecular weight excluding hydrogens is 268 g/mol. The topological polar surface area (TPSA) is 35.8 Å². The van der Waals surface area contributed by atoms with E-state index in [9.17, 15) is 5.11 Å². The second-order valence-electron chi connectivity index (χ2n) is 4.78. The molecule has 2 aromatic rings. The minimum atomic E-state index is 0.288. The fraction of sp³-hybridized carbons (Fsp3) is 0.0625. The van der Waals surface area contributed by atoms with E-state index in [1.54, 1.807) is 23.9 Å². The van der Waals surface area contributed by atoms with E-state index in [2.05, 4.69) is 16.4 Å². The minimum Gasteiger partial charge on any atom is -0.508 e. The van der Waals surface area contributed by atoms with Crippen molar-refractivity contribution in [1.82, 2.24) is 4.90 Å². The molecule has 0 aliphatic carbocycles. The van der Waals surface area contributed by atoms with Gasteiger partial charge >= 0.3 is 0 Å². The number of nitrogens with zero attached hydrogens (tertiary/aromatic N) is 2. The Kier molecular flexibility index (Phi) is 2.57. The fourth-order valence-electron chi connectivity index (χ4n) is 2.49. The molecule has 0 spiro atoms. The first-order valence-corrected chi connectivity index (χ1v) is 7.29. The number of hydrogen-bond acceptors (Lipinski definition) is 4. The van der Waals surface area contributed by atoms with E-state index in [1.807, 2.05) is 30.3 Å². The quantitative estimate of drug-likeness (QED) is 0.859. The maximum atomic E-state index is 9.64. The molecule has 2 heterocycles. The highest BCUT2D eigenvalue weighted by atomic mass is 32.2. The van der Waals surface area contributed by atoms with Gasteiger partial charge in [0, 0.05) is 11.0 Å². The van der Waals surface area contributed by atoms with Gasteiger partial charge in [0.25, 0.3) is 0 Å². The molecule has 20 heavy (non-hydrogen) atoms. The van der Waals surface area contributed by atoms with Gasteiger partial charge in [-0.3, -0.25) is 0 Å². The fourth-order valence-corrected chi connectivity index (χ4v) is 3.42. The lowest BCUT2D eigenvalue weighted by atomic mass is 10.1. The number of phenols is 1. The number of phenolic OH excluding ortho intramolecular Hbond substituents is 1. The number of para-hydroxylation sites is 1. The van der Waals surface area contributed by atoms with Crippen LogP contribution in [-0.2, 0) is 6.54 Å². The normalized spacial score (nSPS) is 16.3. The molecule has 0 saturated carbocycles. The number of aliphatic imine (C=N–C) groups is 1. The largest absolute Gasteiger partial charge is 0.508 e. The Hall–Kier alpha value is -2.20. The van der Waals surface area contributed by atoms with Crippen LogP contribution in [0.4, 0.5) is 5.69 Å². The number of thioether (sulfide) groups is 1. The molecule has 4 rings (SSSR count). The molecule has 0 amide bonds. The van der Waals surface area contributed by atoms with E-state index >= 15 is 0 Å². The molecule has 2 aliphatic heterocycles. The van der Waals surface area contributed by atoms with Crippen LogP contribution in [0.15, 0.2) is 58.9 Å². The Morgan fingerprint density at radius 1 is 1.10 bits per heavy atom. The molecule has 2 aromatic carbocycles. The molecule has 3 nitrogen and oxygen atoms in total. The standard InChI is InChI=1S/C16H12N2OS/c19-13-6-3-5-11(8-13)15-10-20-16-17-14-7-2-1-4-12(14)9-18(15)16/h1-8,10,19H,9H2. The molecule has 4 heteroatoms. The number of amidine groups is 1. The van der Waals surface area contributed by atoms with E-state index < -0.39 is 0 Å². The monoisotopic (exact) mass is 280 g/mol. The van der Waals surface area contributed by atoms with Gasteiger partial charge in [0.1, 0.15) is 5.75 Å². The van der Waals surface area contributed by atoms with E-state index in [0.29, 0.717) is 0 Å². The van der Waals surface area contributed by atoms with Crippen LogP contribution in [-0.4, -0.2) is 15.2 Å². The zero-order chi connectivity index (χ0) is 13.5. The molecular formula is C16H12N2OS. The Morgan fingerprint density at radius 2 is 2.00 bits per heavy atom. The molecule has 0 aromatic heterocycles. The van der Waals surface area contributed by atoms with Crippen LogP contribution in [0.1, 0.15) is 11.1 Å². The summed E-state index contributed by atoms with van der Waals surface area (Å²) in [6.07, 6.45) is 0. The summed E-state index contributed by atoms with van der Waals surface area (Å²) in [6, 6.07) is 15.6. The molecule has 0 fully saturated rings. The lowest BCUT2D eigenvalue weighted by Crippen LogP contribution is -2.25. The molecule has 0 atom stereocenters. The summed E-state index contributed by atoms with van der Waals surface area (Å²) in [5.74, 6) is 0.288. The molecule has 0 saturated heterocycles. The molecule has 98 valence electrons. The maximum Gasteiger partial charge on any atom is 0.173 e. The van der Waals surface area contributed by atoms with Crippen LogP contribution in [0.2, 0.25) is 0 Å². The Labute approximate surface area is 121 Å². The van der Waals surface area contributed by atoms with Gasteiger partial charge < -0.3 is 10.0 Å². The van der Waals surface area contributed by atoms with Crippen molar-refractivity contribution in [3.05, 3.63) is 65.1 Å². The van der Waals surface area contributed by atoms with Crippen LogP contribution in [0, 0.1) is 0 Å². The van der Waals surface area contributed by atoms with Crippen LogP contribution >= 0.6 is 11.8 Å². The number of hydrogen-bond donors (Lipinski definition) is 1. The Bertz CT molecular complexity index is 752. The van der Waals surface area contributed by atoms with E-state index in [-0.39, 0.29) is 5.75 Å². The van der Waals surface area contributed by atoms with Gasteiger partial charge in [0.05, 0.1) is 17.9 Å². The van der Waals surface area contributed by atoms with Crippen molar-refractivity contribution in [3.63, 3.8) is 0 Å². The number of fused-ring (bicyclic) bond motifs is 2. The summed E-state index contributed by atoms with van der Waals surface area (Å²) >= 11 is 1.63. The highest BCUT2D eigenvalue weighted by Crippen LogP contribution is 2.40. The molecule has 0 radical (unpaired) electrons. The number of benzene rings is 2. The first-order valence-electron chi connectivity index (χ1n) is 6.42. The van der Waals surface area contributed by atoms with Gasteiger partial charge in [-0.1, -0.05) is 42.1 Å². The van der Waals surface area contributed by atoms with Crippen LogP contribution in [0.3, 0.4) is 0 Å². The second kappa shape index (κ2) is 4.42. The van der Waals surface area contributed by atoms with Crippen molar-refractivity contribution in [1.29, 1.82) is 0 Å². The highest BCUT2D eigenvalue weighted by molar-refractivity contribution is 8.16. The smallest absolute Gasteiger partial charge is 0.173 e. The van der Waals surface area contributed by atoms with E-state index in [1.165, 1.54) is 5.56 Å². The zero-order valence-electron chi connectivity index (χ0n) is 10.7. The summed E-state index contributed by atoms with van der Waals surface area (Å²) in [7, 11) is 0. The van der Waals surface area contributed by atoms with E-state index in [0.717, 1.165) is 28.7 Å². The summed E-state index contributed by atoms with van der Waals surface area (Å²) in [5, 5.41) is 12.7. The first-order chi connectivity index (χ1) is 9.81. The molecule has 1 N–H and O–H groups in total. The van der Waals surface area contributed by atoms with Crippen molar-refractivity contribution < 1.29 is 5.11 Å². The Balaban J connectivity index is 1.74. The summed E-state index contributed by atoms with van der Waals surface area (Å²) in [6.45, 7) is 0.823. The summed E-state index contributed by atoms with van der Waals surface area (Å²) in [5.41, 5.74) is 4.39. The number of aromatic hydroxyl groups is 1.